The van der Waals surface area contributed by atoms with Crippen LogP contribution in [0.25, 0.3) is 22.4 Å². The molecule has 3 aromatic rings. The SMILES string of the molecule is COC(=O)C(=C1c2ccccc2-c2ccccc21)/C(=C(\[O-])OC)[n+]1ccccn1. The van der Waals surface area contributed by atoms with Gasteiger partial charge in [0.15, 0.2) is 0 Å². The van der Waals surface area contributed by atoms with Crippen molar-refractivity contribution in [2.24, 2.45) is 0 Å². The van der Waals surface area contributed by atoms with Crippen molar-refractivity contribution in [1.82, 2.24) is 5.10 Å². The Balaban J connectivity index is 2.14. The highest BCUT2D eigenvalue weighted by atomic mass is 16.6. The molecule has 0 radical (unpaired) electrons. The summed E-state index contributed by atoms with van der Waals surface area (Å²) in [5.41, 5.74) is 4.34. The third-order valence-electron chi connectivity index (χ3n) is 4.78. The van der Waals surface area contributed by atoms with E-state index < -0.39 is 11.9 Å². The van der Waals surface area contributed by atoms with Gasteiger partial charge in [0.05, 0.1) is 13.3 Å². The minimum absolute atomic E-state index is 0.0125. The lowest BCUT2D eigenvalue weighted by atomic mass is 9.96. The quantitative estimate of drug-likeness (QED) is 0.233. The molecule has 0 saturated heterocycles. The van der Waals surface area contributed by atoms with E-state index in [1.165, 1.54) is 25.1 Å². The molecule has 0 N–H and O–H groups in total. The maximum atomic E-state index is 13.0. The zero-order chi connectivity index (χ0) is 20.4. The van der Waals surface area contributed by atoms with E-state index in [-0.39, 0.29) is 11.3 Å². The number of ether oxygens (including phenoxy) is 2. The van der Waals surface area contributed by atoms with Gasteiger partial charge >= 0.3 is 5.97 Å². The van der Waals surface area contributed by atoms with Gasteiger partial charge in [0, 0.05) is 11.6 Å². The lowest BCUT2D eigenvalue weighted by molar-refractivity contribution is -0.649. The van der Waals surface area contributed by atoms with Crippen molar-refractivity contribution in [1.29, 1.82) is 0 Å². The second kappa shape index (κ2) is 7.59. The molecule has 1 aromatic heterocycles. The largest absolute Gasteiger partial charge is 0.612 e. The number of hydrogen-bond donors (Lipinski definition) is 0. The lowest BCUT2D eigenvalue weighted by Gasteiger charge is -2.15. The van der Waals surface area contributed by atoms with Gasteiger partial charge in [-0.25, -0.2) is 4.79 Å². The number of hydrogen-bond acceptors (Lipinski definition) is 5. The van der Waals surface area contributed by atoms with Crippen molar-refractivity contribution in [2.45, 2.75) is 0 Å². The van der Waals surface area contributed by atoms with Gasteiger partial charge in [0.1, 0.15) is 11.5 Å². The van der Waals surface area contributed by atoms with Crippen molar-refractivity contribution in [3.05, 3.63) is 95.7 Å². The Morgan fingerprint density at radius 2 is 1.45 bits per heavy atom. The molecule has 0 aliphatic heterocycles. The summed E-state index contributed by atoms with van der Waals surface area (Å²) in [7, 11) is 2.55. The minimum Gasteiger partial charge on any atom is -0.612 e. The number of esters is 1. The Morgan fingerprint density at radius 3 is 1.93 bits per heavy atom. The highest BCUT2D eigenvalue weighted by molar-refractivity contribution is 6.16. The standard InChI is InChI=1S/C23H18N2O4/c1-28-22(26)20(21(23(27)29-2)25-14-8-7-13-24-25)19-17-11-5-3-9-15(17)16-10-4-6-12-18(16)19/h3-14H,1-2H3. The summed E-state index contributed by atoms with van der Waals surface area (Å²) >= 11 is 0. The topological polar surface area (TPSA) is 75.4 Å². The van der Waals surface area contributed by atoms with Gasteiger partial charge in [-0.3, -0.25) is 0 Å². The van der Waals surface area contributed by atoms with Gasteiger partial charge in [0.2, 0.25) is 6.20 Å². The van der Waals surface area contributed by atoms with Crippen LogP contribution in [0.3, 0.4) is 0 Å². The fourth-order valence-electron chi connectivity index (χ4n) is 3.57. The number of fused-ring (bicyclic) bond motifs is 3. The van der Waals surface area contributed by atoms with Gasteiger partial charge in [-0.2, -0.15) is 0 Å². The first-order chi connectivity index (χ1) is 14.2. The van der Waals surface area contributed by atoms with Crippen molar-refractivity contribution in [3.8, 4) is 11.1 Å². The molecule has 1 heterocycles. The van der Waals surface area contributed by atoms with E-state index in [1.807, 2.05) is 48.5 Å². The molecule has 0 bridgehead atoms. The van der Waals surface area contributed by atoms with E-state index in [0.717, 1.165) is 22.3 Å². The van der Waals surface area contributed by atoms with E-state index in [1.54, 1.807) is 18.3 Å². The predicted molar refractivity (Wildman–Crippen MR) is 105 cm³/mol. The smallest absolute Gasteiger partial charge is 0.345 e. The highest BCUT2D eigenvalue weighted by Gasteiger charge is 2.36. The molecule has 1 aliphatic carbocycles. The number of carbonyl (C=O) groups excluding carboxylic acids is 1. The summed E-state index contributed by atoms with van der Waals surface area (Å²) in [6.45, 7) is 0. The Kier molecular flexibility index (Phi) is 4.83. The number of methoxy groups -OCH3 is 2. The molecule has 0 saturated carbocycles. The number of rotatable bonds is 4. The summed E-state index contributed by atoms with van der Waals surface area (Å²) in [5.74, 6) is -1.34. The van der Waals surface area contributed by atoms with Crippen LogP contribution in [-0.4, -0.2) is 25.3 Å². The molecule has 29 heavy (non-hydrogen) atoms. The molecule has 6 heteroatoms. The van der Waals surface area contributed by atoms with E-state index in [2.05, 4.69) is 5.10 Å². The van der Waals surface area contributed by atoms with E-state index in [9.17, 15) is 9.90 Å². The fraction of sp³-hybridized carbons (Fsp3) is 0.0870. The van der Waals surface area contributed by atoms with Crippen LogP contribution < -0.4 is 9.79 Å². The van der Waals surface area contributed by atoms with Crippen molar-refractivity contribution >= 4 is 17.2 Å². The lowest BCUT2D eigenvalue weighted by Crippen LogP contribution is -2.41. The van der Waals surface area contributed by atoms with Crippen LogP contribution in [0, 0.1) is 0 Å². The molecule has 0 spiro atoms. The summed E-state index contributed by atoms with van der Waals surface area (Å²) < 4.78 is 11.4. The first-order valence-corrected chi connectivity index (χ1v) is 8.98. The molecule has 0 amide bonds. The molecular formula is C23H18N2O4. The molecule has 4 rings (SSSR count). The Labute approximate surface area is 168 Å². The maximum Gasteiger partial charge on any atom is 0.345 e. The van der Waals surface area contributed by atoms with Gasteiger partial charge in [-0.05, 0) is 45.2 Å². The van der Waals surface area contributed by atoms with Crippen LogP contribution in [0.2, 0.25) is 0 Å². The Morgan fingerprint density at radius 1 is 0.862 bits per heavy atom. The summed E-state index contributed by atoms with van der Waals surface area (Å²) in [6.07, 6.45) is 3.11. The average Bonchev–Trinajstić information content (AvgIpc) is 3.11. The minimum atomic E-state index is -0.691. The van der Waals surface area contributed by atoms with E-state index in [0.29, 0.717) is 5.57 Å². The van der Waals surface area contributed by atoms with Crippen molar-refractivity contribution in [2.75, 3.05) is 14.2 Å². The number of aromatic nitrogens is 2. The fourth-order valence-corrected chi connectivity index (χ4v) is 3.57. The summed E-state index contributed by atoms with van der Waals surface area (Å²) in [6, 6.07) is 18.9. The summed E-state index contributed by atoms with van der Waals surface area (Å²) in [5, 5.41) is 17.0. The van der Waals surface area contributed by atoms with Crippen LogP contribution >= 0.6 is 0 Å². The Bertz CT molecular complexity index is 1100. The summed E-state index contributed by atoms with van der Waals surface area (Å²) in [4.78, 5) is 13.0. The number of nitrogens with zero attached hydrogens (tertiary/aromatic N) is 2. The molecule has 1 aliphatic rings. The number of benzene rings is 2. The monoisotopic (exact) mass is 386 g/mol. The second-order valence-electron chi connectivity index (χ2n) is 6.32. The molecule has 6 nitrogen and oxygen atoms in total. The predicted octanol–water partition coefficient (Wildman–Crippen LogP) is 2.16. The normalized spacial score (nSPS) is 12.6. The van der Waals surface area contributed by atoms with E-state index >= 15 is 0 Å². The van der Waals surface area contributed by atoms with Crippen LogP contribution in [0.1, 0.15) is 11.1 Å². The first-order valence-electron chi connectivity index (χ1n) is 8.98. The molecule has 0 unspecified atom stereocenters. The third-order valence-corrected chi connectivity index (χ3v) is 4.78. The Hall–Kier alpha value is -3.93. The molecular weight excluding hydrogens is 368 g/mol. The molecule has 144 valence electrons. The van der Waals surface area contributed by atoms with Gasteiger partial charge in [-0.1, -0.05) is 48.5 Å². The number of carbonyl (C=O) groups is 1. The molecule has 0 atom stereocenters. The van der Waals surface area contributed by atoms with Crippen LogP contribution in [0.5, 0.6) is 0 Å². The van der Waals surface area contributed by atoms with Gasteiger partial charge < -0.3 is 14.6 Å². The zero-order valence-electron chi connectivity index (χ0n) is 16.0. The maximum absolute atomic E-state index is 13.0. The molecule has 2 aromatic carbocycles. The highest BCUT2D eigenvalue weighted by Crippen LogP contribution is 2.46. The van der Waals surface area contributed by atoms with Crippen molar-refractivity contribution in [3.63, 3.8) is 0 Å². The average molecular weight is 386 g/mol. The molecule has 0 fully saturated rings. The second-order valence-corrected chi connectivity index (χ2v) is 6.32. The van der Waals surface area contributed by atoms with Crippen molar-refractivity contribution < 1.29 is 24.1 Å². The first kappa shape index (κ1) is 18.4. The van der Waals surface area contributed by atoms with Gasteiger partial charge in [-0.15, -0.1) is 0 Å². The van der Waals surface area contributed by atoms with Gasteiger partial charge in [0.25, 0.3) is 5.70 Å². The van der Waals surface area contributed by atoms with Crippen LogP contribution in [0.4, 0.5) is 0 Å². The third kappa shape index (κ3) is 3.04. The zero-order valence-corrected chi connectivity index (χ0v) is 16.0. The van der Waals surface area contributed by atoms with E-state index in [4.69, 9.17) is 9.47 Å². The van der Waals surface area contributed by atoms with Crippen LogP contribution in [-0.2, 0) is 14.3 Å². The van der Waals surface area contributed by atoms with Crippen LogP contribution in [0.15, 0.2) is 84.6 Å².